The molecule has 0 aliphatic rings. The van der Waals surface area contributed by atoms with Crippen molar-refractivity contribution >= 4 is 33.7 Å². The molecule has 98 valence electrons. The largest absolute Gasteiger partial charge is 0.461 e. The Hall–Kier alpha value is -2.57. The summed E-state index contributed by atoms with van der Waals surface area (Å²) in [4.78, 5) is 19.0. The van der Waals surface area contributed by atoms with Crippen LogP contribution in [0.5, 0.6) is 0 Å². The van der Waals surface area contributed by atoms with Crippen LogP contribution in [0.25, 0.3) is 21.9 Å². The highest BCUT2D eigenvalue weighted by atomic mass is 16.5. The van der Waals surface area contributed by atoms with Crippen molar-refractivity contribution in [2.75, 3.05) is 12.3 Å². The molecule has 0 fully saturated rings. The molecular weight excluding hydrogens is 246 g/mol. The lowest BCUT2D eigenvalue weighted by Gasteiger charge is -1.99. The highest BCUT2D eigenvalue weighted by molar-refractivity contribution is 6.08. The zero-order valence-corrected chi connectivity index (χ0v) is 10.6. The minimum atomic E-state index is -0.408. The van der Waals surface area contributed by atoms with Gasteiger partial charge in [0.15, 0.2) is 0 Å². The molecule has 0 amide bonds. The molecule has 7 heteroatoms. The number of nitrogens with one attached hydrogen (secondary N) is 1. The summed E-state index contributed by atoms with van der Waals surface area (Å²) in [7, 11) is 1.81. The molecule has 0 aliphatic heterocycles. The van der Waals surface area contributed by atoms with Gasteiger partial charge in [-0.2, -0.15) is 5.10 Å². The number of hydrogen-bond acceptors (Lipinski definition) is 5. The monoisotopic (exact) mass is 259 g/mol. The van der Waals surface area contributed by atoms with E-state index in [-0.39, 0.29) is 0 Å². The number of nitrogen functional groups attached to an aromatic ring is 1. The van der Waals surface area contributed by atoms with Gasteiger partial charge in [-0.1, -0.05) is 0 Å². The Morgan fingerprint density at radius 1 is 1.58 bits per heavy atom. The zero-order valence-electron chi connectivity index (χ0n) is 10.6. The molecule has 3 rings (SSSR count). The first-order valence-corrected chi connectivity index (χ1v) is 5.88. The number of aromatic nitrogens is 4. The Morgan fingerprint density at radius 2 is 2.37 bits per heavy atom. The van der Waals surface area contributed by atoms with E-state index in [0.29, 0.717) is 23.6 Å². The minimum Gasteiger partial charge on any atom is -0.461 e. The maximum Gasteiger partial charge on any atom is 0.354 e. The van der Waals surface area contributed by atoms with Crippen molar-refractivity contribution in [1.82, 2.24) is 19.7 Å². The van der Waals surface area contributed by atoms with Crippen LogP contribution < -0.4 is 5.73 Å². The predicted molar refractivity (Wildman–Crippen MR) is 70.7 cm³/mol. The SMILES string of the molecule is CCOC(=O)c1cc2nc(N)c3cnn(C)c3c2[nH]1. The van der Waals surface area contributed by atoms with E-state index in [0.717, 1.165) is 16.4 Å². The molecule has 7 nitrogen and oxygen atoms in total. The number of anilines is 1. The highest BCUT2D eigenvalue weighted by Gasteiger charge is 2.16. The number of rotatable bonds is 2. The summed E-state index contributed by atoms with van der Waals surface area (Å²) < 4.78 is 6.66. The summed E-state index contributed by atoms with van der Waals surface area (Å²) in [6.45, 7) is 2.08. The number of H-pyrrole nitrogens is 1. The third kappa shape index (κ3) is 1.62. The molecule has 0 unspecified atom stereocenters. The fourth-order valence-corrected chi connectivity index (χ4v) is 2.14. The van der Waals surface area contributed by atoms with Gasteiger partial charge in [-0.15, -0.1) is 0 Å². The number of hydrogen-bond donors (Lipinski definition) is 2. The van der Waals surface area contributed by atoms with Crippen molar-refractivity contribution in [2.24, 2.45) is 7.05 Å². The van der Waals surface area contributed by atoms with Gasteiger partial charge in [0, 0.05) is 7.05 Å². The van der Waals surface area contributed by atoms with Crippen LogP contribution >= 0.6 is 0 Å². The Kier molecular flexibility index (Phi) is 2.41. The van der Waals surface area contributed by atoms with Gasteiger partial charge < -0.3 is 15.5 Å². The van der Waals surface area contributed by atoms with Crippen molar-refractivity contribution in [3.8, 4) is 0 Å². The molecule has 3 heterocycles. The number of ether oxygens (including phenoxy) is 1. The van der Waals surface area contributed by atoms with Gasteiger partial charge in [0.05, 0.1) is 34.7 Å². The third-order valence-corrected chi connectivity index (χ3v) is 2.98. The van der Waals surface area contributed by atoms with Crippen LogP contribution in [-0.2, 0) is 11.8 Å². The van der Waals surface area contributed by atoms with E-state index in [2.05, 4.69) is 15.1 Å². The standard InChI is InChI=1S/C12H13N5O2/c1-3-19-12(18)8-4-7-9(15-8)10-6(11(13)16-7)5-14-17(10)2/h4-5,15H,3H2,1-2H3,(H2,13,16). The first-order chi connectivity index (χ1) is 9.11. The third-order valence-electron chi connectivity index (χ3n) is 2.98. The van der Waals surface area contributed by atoms with Gasteiger partial charge in [-0.05, 0) is 13.0 Å². The minimum absolute atomic E-state index is 0.324. The Labute approximate surface area is 108 Å². The number of nitrogens with zero attached hydrogens (tertiary/aromatic N) is 3. The number of fused-ring (bicyclic) bond motifs is 3. The summed E-state index contributed by atoms with van der Waals surface area (Å²) in [5.74, 6) is -0.0144. The quantitative estimate of drug-likeness (QED) is 0.674. The molecule has 3 aromatic rings. The van der Waals surface area contributed by atoms with E-state index >= 15 is 0 Å². The summed E-state index contributed by atoms with van der Waals surface area (Å²) in [6, 6.07) is 1.64. The van der Waals surface area contributed by atoms with E-state index in [1.807, 2.05) is 7.05 Å². The maximum atomic E-state index is 11.7. The number of carbonyl (C=O) groups is 1. The Balaban J connectivity index is 2.30. The van der Waals surface area contributed by atoms with Crippen molar-refractivity contribution in [1.29, 1.82) is 0 Å². The average Bonchev–Trinajstić information content (AvgIpc) is 2.94. The Morgan fingerprint density at radius 3 is 3.11 bits per heavy atom. The highest BCUT2D eigenvalue weighted by Crippen LogP contribution is 2.27. The maximum absolute atomic E-state index is 11.7. The van der Waals surface area contributed by atoms with Crippen LogP contribution in [0.1, 0.15) is 17.4 Å². The molecule has 0 bridgehead atoms. The molecule has 0 saturated heterocycles. The predicted octanol–water partition coefficient (Wildman–Crippen LogP) is 1.21. The van der Waals surface area contributed by atoms with Gasteiger partial charge in [0.2, 0.25) is 0 Å². The van der Waals surface area contributed by atoms with Crippen LogP contribution in [0, 0.1) is 0 Å². The summed E-state index contributed by atoms with van der Waals surface area (Å²) in [5.41, 5.74) is 8.41. The van der Waals surface area contributed by atoms with Crippen molar-refractivity contribution in [3.05, 3.63) is 18.0 Å². The van der Waals surface area contributed by atoms with Crippen LogP contribution in [0.2, 0.25) is 0 Å². The summed E-state index contributed by atoms with van der Waals surface area (Å²) in [6.07, 6.45) is 1.65. The van der Waals surface area contributed by atoms with Crippen molar-refractivity contribution in [3.63, 3.8) is 0 Å². The molecule has 0 radical (unpaired) electrons. The average molecular weight is 259 g/mol. The van der Waals surface area contributed by atoms with Gasteiger partial charge in [0.1, 0.15) is 11.5 Å². The number of esters is 1. The van der Waals surface area contributed by atoms with Crippen molar-refractivity contribution < 1.29 is 9.53 Å². The molecule has 0 aromatic carbocycles. The normalized spacial score (nSPS) is 11.3. The smallest absolute Gasteiger partial charge is 0.354 e. The number of aryl methyl sites for hydroxylation is 1. The molecule has 0 saturated carbocycles. The molecule has 0 aliphatic carbocycles. The summed E-state index contributed by atoms with van der Waals surface area (Å²) in [5, 5.41) is 4.91. The van der Waals surface area contributed by atoms with E-state index in [9.17, 15) is 4.79 Å². The lowest BCUT2D eigenvalue weighted by atomic mass is 10.2. The van der Waals surface area contributed by atoms with Gasteiger partial charge >= 0.3 is 5.97 Å². The summed E-state index contributed by atoms with van der Waals surface area (Å²) >= 11 is 0. The van der Waals surface area contributed by atoms with E-state index < -0.39 is 5.97 Å². The van der Waals surface area contributed by atoms with E-state index in [1.165, 1.54) is 0 Å². The van der Waals surface area contributed by atoms with Crippen LogP contribution in [0.4, 0.5) is 5.82 Å². The van der Waals surface area contributed by atoms with Crippen LogP contribution in [0.3, 0.4) is 0 Å². The molecule has 19 heavy (non-hydrogen) atoms. The molecule has 3 aromatic heterocycles. The number of carbonyl (C=O) groups excluding carboxylic acids is 1. The van der Waals surface area contributed by atoms with E-state index in [4.69, 9.17) is 10.5 Å². The lowest BCUT2D eigenvalue weighted by Crippen LogP contribution is -2.04. The topological polar surface area (TPSA) is 98.8 Å². The second kappa shape index (κ2) is 3.98. The first-order valence-electron chi connectivity index (χ1n) is 5.88. The second-order valence-electron chi connectivity index (χ2n) is 4.19. The molecular formula is C12H13N5O2. The van der Waals surface area contributed by atoms with E-state index in [1.54, 1.807) is 23.9 Å². The molecule has 0 atom stereocenters. The zero-order chi connectivity index (χ0) is 13.6. The van der Waals surface area contributed by atoms with Crippen LogP contribution in [0.15, 0.2) is 12.3 Å². The second-order valence-corrected chi connectivity index (χ2v) is 4.19. The van der Waals surface area contributed by atoms with Crippen molar-refractivity contribution in [2.45, 2.75) is 6.92 Å². The van der Waals surface area contributed by atoms with Crippen LogP contribution in [-0.4, -0.2) is 32.3 Å². The number of pyridine rings is 1. The van der Waals surface area contributed by atoms with Gasteiger partial charge in [-0.3, -0.25) is 4.68 Å². The number of nitrogens with two attached hydrogens (primary N) is 1. The molecule has 0 spiro atoms. The first kappa shape index (κ1) is 11.5. The fourth-order valence-electron chi connectivity index (χ4n) is 2.14. The van der Waals surface area contributed by atoms with Gasteiger partial charge in [0.25, 0.3) is 0 Å². The molecule has 3 N–H and O–H groups in total. The fraction of sp³-hybridized carbons (Fsp3) is 0.250. The lowest BCUT2D eigenvalue weighted by molar-refractivity contribution is 0.0520. The number of aromatic amines is 1. The van der Waals surface area contributed by atoms with Gasteiger partial charge in [-0.25, -0.2) is 9.78 Å². The Bertz CT molecular complexity index is 786.